The highest BCUT2D eigenvalue weighted by molar-refractivity contribution is 5.72. The molecule has 0 spiro atoms. The molecule has 3 N–H and O–H groups in total. The van der Waals surface area contributed by atoms with Crippen molar-refractivity contribution in [3.63, 3.8) is 0 Å². The number of allylic oxidation sites excluding steroid dienone is 1. The molecule has 6 unspecified atom stereocenters. The lowest BCUT2D eigenvalue weighted by Gasteiger charge is -2.27. The first-order valence-electron chi connectivity index (χ1n) is 10.5. The molecule has 0 radical (unpaired) electrons. The highest BCUT2D eigenvalue weighted by Crippen LogP contribution is 2.40. The van der Waals surface area contributed by atoms with Crippen LogP contribution in [0.3, 0.4) is 0 Å². The van der Waals surface area contributed by atoms with Gasteiger partial charge in [0.15, 0.2) is 6.29 Å². The van der Waals surface area contributed by atoms with Gasteiger partial charge in [-0.05, 0) is 38.0 Å². The van der Waals surface area contributed by atoms with Crippen LogP contribution >= 0.6 is 0 Å². The van der Waals surface area contributed by atoms with Crippen LogP contribution in [0.15, 0.2) is 12.2 Å². The Morgan fingerprint density at radius 1 is 1.25 bits per heavy atom. The van der Waals surface area contributed by atoms with E-state index in [-0.39, 0.29) is 25.2 Å². The van der Waals surface area contributed by atoms with Gasteiger partial charge in [0.1, 0.15) is 0 Å². The Kier molecular flexibility index (Phi) is 9.41. The van der Waals surface area contributed by atoms with Gasteiger partial charge >= 0.3 is 11.9 Å². The lowest BCUT2D eigenvalue weighted by Crippen LogP contribution is -2.28. The van der Waals surface area contributed by atoms with Gasteiger partial charge in [-0.25, -0.2) is 0 Å². The van der Waals surface area contributed by atoms with E-state index in [1.807, 2.05) is 6.08 Å². The Hall–Kier alpha value is -1.44. The fourth-order valence-corrected chi connectivity index (χ4v) is 4.23. The number of aliphatic carboxylic acids is 2. The average molecular weight is 398 g/mol. The predicted molar refractivity (Wildman–Crippen MR) is 103 cm³/mol. The molecule has 1 aliphatic heterocycles. The van der Waals surface area contributed by atoms with Gasteiger partial charge in [-0.2, -0.15) is 0 Å². The first-order valence-corrected chi connectivity index (χ1v) is 10.5. The van der Waals surface area contributed by atoms with Crippen molar-refractivity contribution in [2.24, 2.45) is 17.8 Å². The zero-order valence-corrected chi connectivity index (χ0v) is 16.7. The van der Waals surface area contributed by atoms with Crippen LogP contribution in [0.4, 0.5) is 0 Å². The van der Waals surface area contributed by atoms with Crippen molar-refractivity contribution in [3.8, 4) is 0 Å². The van der Waals surface area contributed by atoms with Crippen molar-refractivity contribution < 1.29 is 34.4 Å². The topological polar surface area (TPSA) is 113 Å². The summed E-state index contributed by atoms with van der Waals surface area (Å²) in [5.74, 6) is -3.93. The van der Waals surface area contributed by atoms with Crippen molar-refractivity contribution >= 4 is 11.9 Å². The fourth-order valence-electron chi connectivity index (χ4n) is 4.23. The molecule has 1 aliphatic carbocycles. The van der Waals surface area contributed by atoms with Crippen LogP contribution in [0.1, 0.15) is 64.7 Å². The summed E-state index contributed by atoms with van der Waals surface area (Å²) in [4.78, 5) is 22.8. The molecule has 1 saturated heterocycles. The zero-order chi connectivity index (χ0) is 20.5. The molecule has 0 aromatic carbocycles. The van der Waals surface area contributed by atoms with Gasteiger partial charge in [0.25, 0.3) is 0 Å². The van der Waals surface area contributed by atoms with Crippen molar-refractivity contribution in [3.05, 3.63) is 12.2 Å². The van der Waals surface area contributed by atoms with E-state index in [1.165, 1.54) is 0 Å². The lowest BCUT2D eigenvalue weighted by molar-refractivity contribution is -0.179. The molecule has 0 bridgehead atoms. The molecular weight excluding hydrogens is 364 g/mol. The second-order valence-electron chi connectivity index (χ2n) is 7.94. The first kappa shape index (κ1) is 22.8. The normalized spacial score (nSPS) is 31.9. The van der Waals surface area contributed by atoms with Gasteiger partial charge in [0.05, 0.1) is 24.5 Å². The molecule has 0 aromatic heterocycles. The highest BCUT2D eigenvalue weighted by Gasteiger charge is 2.45. The van der Waals surface area contributed by atoms with Crippen LogP contribution in [-0.2, 0) is 19.1 Å². The van der Waals surface area contributed by atoms with Crippen LogP contribution in [0.2, 0.25) is 0 Å². The molecule has 28 heavy (non-hydrogen) atoms. The predicted octanol–water partition coefficient (Wildman–Crippen LogP) is 3.21. The van der Waals surface area contributed by atoms with Crippen LogP contribution in [0.5, 0.6) is 0 Å². The van der Waals surface area contributed by atoms with E-state index in [2.05, 4.69) is 6.92 Å². The fraction of sp³-hybridized carbons (Fsp3) is 0.810. The van der Waals surface area contributed by atoms with E-state index in [0.717, 1.165) is 44.9 Å². The third-order valence-electron chi connectivity index (χ3n) is 5.78. The van der Waals surface area contributed by atoms with Gasteiger partial charge in [-0.1, -0.05) is 38.3 Å². The maximum atomic E-state index is 11.6. The molecule has 6 atom stereocenters. The van der Waals surface area contributed by atoms with Crippen LogP contribution < -0.4 is 0 Å². The summed E-state index contributed by atoms with van der Waals surface area (Å²) >= 11 is 0. The summed E-state index contributed by atoms with van der Waals surface area (Å²) in [6.45, 7) is 2.82. The number of unbranched alkanes of at least 4 members (excludes halogenated alkanes) is 2. The molecule has 0 amide bonds. The summed E-state index contributed by atoms with van der Waals surface area (Å²) < 4.78 is 11.8. The number of aliphatic hydroxyl groups is 1. The summed E-state index contributed by atoms with van der Waals surface area (Å²) in [6.07, 6.45) is 9.01. The number of aliphatic hydroxyl groups excluding tert-OH is 1. The summed E-state index contributed by atoms with van der Waals surface area (Å²) in [7, 11) is 0. The third-order valence-corrected chi connectivity index (χ3v) is 5.78. The number of hydrogen-bond acceptors (Lipinski definition) is 5. The summed E-state index contributed by atoms with van der Waals surface area (Å²) in [6, 6.07) is 0. The van der Waals surface area contributed by atoms with E-state index >= 15 is 0 Å². The third kappa shape index (κ3) is 6.87. The smallest absolute Gasteiger partial charge is 0.307 e. The second-order valence-corrected chi connectivity index (χ2v) is 7.94. The SMILES string of the molecule is CCCCCC(/C=C/C1C(C(=O)O)CC(O)C1CC(=O)O)OC1CCCCO1. The Labute approximate surface area is 166 Å². The van der Waals surface area contributed by atoms with Crippen molar-refractivity contribution in [2.75, 3.05) is 6.61 Å². The van der Waals surface area contributed by atoms with E-state index < -0.39 is 35.8 Å². The maximum absolute atomic E-state index is 11.6. The van der Waals surface area contributed by atoms with Gasteiger partial charge in [0.2, 0.25) is 0 Å². The Morgan fingerprint density at radius 2 is 2.04 bits per heavy atom. The van der Waals surface area contributed by atoms with Crippen molar-refractivity contribution in [2.45, 2.75) is 83.2 Å². The van der Waals surface area contributed by atoms with Crippen molar-refractivity contribution in [1.82, 2.24) is 0 Å². The molecule has 7 heteroatoms. The molecular formula is C21H34O7. The molecule has 7 nitrogen and oxygen atoms in total. The number of carboxylic acids is 2. The maximum Gasteiger partial charge on any atom is 0.307 e. The lowest BCUT2D eigenvalue weighted by atomic mass is 9.86. The number of carbonyl (C=O) groups is 2. The standard InChI is InChI=1S/C21H34O7/c1-2-3-4-7-14(28-20-8-5-6-11-27-20)9-10-15-16(13-19(23)24)18(22)12-17(15)21(25)26/h9-10,14-18,20,22H,2-8,11-13H2,1H3,(H,23,24)(H,25,26)/b10-9+. The van der Waals surface area contributed by atoms with E-state index in [0.29, 0.717) is 6.61 Å². The quantitative estimate of drug-likeness (QED) is 0.362. The van der Waals surface area contributed by atoms with Gasteiger partial charge in [-0.3, -0.25) is 9.59 Å². The van der Waals surface area contributed by atoms with E-state index in [1.54, 1.807) is 6.08 Å². The second kappa shape index (κ2) is 11.5. The first-order chi connectivity index (χ1) is 13.4. The van der Waals surface area contributed by atoms with Crippen LogP contribution in [0, 0.1) is 17.8 Å². The largest absolute Gasteiger partial charge is 0.481 e. The van der Waals surface area contributed by atoms with E-state index in [9.17, 15) is 19.8 Å². The number of hydrogen-bond donors (Lipinski definition) is 3. The summed E-state index contributed by atoms with van der Waals surface area (Å²) in [5, 5.41) is 28.9. The average Bonchev–Trinajstić information content (AvgIpc) is 2.96. The summed E-state index contributed by atoms with van der Waals surface area (Å²) in [5.41, 5.74) is 0. The van der Waals surface area contributed by atoms with E-state index in [4.69, 9.17) is 14.6 Å². The molecule has 2 aliphatic rings. The molecule has 0 aromatic rings. The van der Waals surface area contributed by atoms with Crippen LogP contribution in [-0.4, -0.2) is 52.4 Å². The molecule has 160 valence electrons. The van der Waals surface area contributed by atoms with Gasteiger partial charge in [0, 0.05) is 12.5 Å². The number of rotatable bonds is 11. The van der Waals surface area contributed by atoms with Crippen molar-refractivity contribution in [1.29, 1.82) is 0 Å². The zero-order valence-electron chi connectivity index (χ0n) is 16.7. The molecule has 1 heterocycles. The molecule has 1 saturated carbocycles. The highest BCUT2D eigenvalue weighted by atomic mass is 16.7. The number of ether oxygens (including phenoxy) is 2. The Morgan fingerprint density at radius 3 is 2.64 bits per heavy atom. The molecule has 2 rings (SSSR count). The molecule has 2 fully saturated rings. The number of carboxylic acid groups (broad SMARTS) is 2. The van der Waals surface area contributed by atoms with Crippen LogP contribution in [0.25, 0.3) is 0 Å². The van der Waals surface area contributed by atoms with Gasteiger partial charge in [-0.15, -0.1) is 0 Å². The minimum absolute atomic E-state index is 0.0788. The minimum atomic E-state index is -1.03. The Balaban J connectivity index is 2.09. The van der Waals surface area contributed by atoms with Gasteiger partial charge < -0.3 is 24.8 Å². The Bertz CT molecular complexity index is 527. The monoisotopic (exact) mass is 398 g/mol. The minimum Gasteiger partial charge on any atom is -0.481 e.